The van der Waals surface area contributed by atoms with Gasteiger partial charge in [0.1, 0.15) is 0 Å². The third-order valence-corrected chi connectivity index (χ3v) is 6.40. The molecule has 1 heterocycles. The van der Waals surface area contributed by atoms with Crippen LogP contribution in [-0.4, -0.2) is 18.9 Å². The van der Waals surface area contributed by atoms with Crippen molar-refractivity contribution in [2.45, 2.75) is 48.5 Å². The number of hydrogen-bond donors (Lipinski definition) is 0. The zero-order valence-electron chi connectivity index (χ0n) is 11.1. The van der Waals surface area contributed by atoms with Gasteiger partial charge in [-0.1, -0.05) is 0 Å². The van der Waals surface area contributed by atoms with Crippen LogP contribution in [0, 0.1) is 10.8 Å². The molecule has 85 valence electrons. The van der Waals surface area contributed by atoms with E-state index >= 15 is 0 Å². The van der Waals surface area contributed by atoms with E-state index in [1.54, 1.807) is 8.89 Å². The van der Waals surface area contributed by atoms with Crippen molar-refractivity contribution >= 4 is 18.9 Å². The summed E-state index contributed by atoms with van der Waals surface area (Å²) >= 11 is 0.538. The van der Waals surface area contributed by atoms with Crippen molar-refractivity contribution < 1.29 is 0 Å². The number of hydrogen-bond acceptors (Lipinski definition) is 0. The van der Waals surface area contributed by atoms with Gasteiger partial charge in [-0.3, -0.25) is 0 Å². The summed E-state index contributed by atoms with van der Waals surface area (Å²) < 4.78 is 3.25. The summed E-state index contributed by atoms with van der Waals surface area (Å²) in [6, 6.07) is 0. The van der Waals surface area contributed by atoms with E-state index in [4.69, 9.17) is 0 Å². The zero-order valence-corrected chi connectivity index (χ0v) is 12.8. The van der Waals surface area contributed by atoms with Gasteiger partial charge in [-0.25, -0.2) is 0 Å². The summed E-state index contributed by atoms with van der Waals surface area (Å²) in [5, 5.41) is 0. The minimum absolute atomic E-state index is 0.325. The standard InChI is InChI=1S/C14H23Se/c1-10-8-11(13(2,3)4)15-12(9-10)14(5,6)7/h8-9H,1-7H3. The molecule has 0 bridgehead atoms. The van der Waals surface area contributed by atoms with E-state index in [1.165, 1.54) is 5.57 Å². The molecular formula is C14H23Se. The van der Waals surface area contributed by atoms with Gasteiger partial charge in [0.2, 0.25) is 0 Å². The molecule has 0 spiro atoms. The second-order valence-corrected chi connectivity index (χ2v) is 8.64. The van der Waals surface area contributed by atoms with Crippen LogP contribution in [0.2, 0.25) is 0 Å². The van der Waals surface area contributed by atoms with E-state index in [0.717, 1.165) is 0 Å². The third kappa shape index (κ3) is 3.43. The van der Waals surface area contributed by atoms with Gasteiger partial charge in [-0.2, -0.15) is 0 Å². The first kappa shape index (κ1) is 12.9. The molecule has 0 aromatic carbocycles. The Morgan fingerprint density at radius 2 is 1.40 bits per heavy atom. The Labute approximate surface area is 101 Å². The van der Waals surface area contributed by atoms with Gasteiger partial charge >= 0.3 is 100 Å². The molecule has 0 unspecified atom stereocenters. The van der Waals surface area contributed by atoms with Gasteiger partial charge in [0.05, 0.1) is 0 Å². The predicted octanol–water partition coefficient (Wildman–Crippen LogP) is 3.80. The second-order valence-electron chi connectivity index (χ2n) is 6.36. The molecule has 0 aliphatic carbocycles. The zero-order chi connectivity index (χ0) is 11.9. The SMILES string of the molecule is CC1=CC(C(C)(C)C)=[Se]C(C(C)(C)C)=C1. The topological polar surface area (TPSA) is 0 Å². The van der Waals surface area contributed by atoms with E-state index in [-0.39, 0.29) is 0 Å². The van der Waals surface area contributed by atoms with E-state index in [2.05, 4.69) is 60.6 Å². The monoisotopic (exact) mass is 271 g/mol. The van der Waals surface area contributed by atoms with Crippen molar-refractivity contribution in [2.75, 3.05) is 0 Å². The average molecular weight is 270 g/mol. The molecule has 0 amide bonds. The maximum atomic E-state index is 2.38. The van der Waals surface area contributed by atoms with Crippen molar-refractivity contribution in [3.05, 3.63) is 22.2 Å². The molecule has 0 aromatic heterocycles. The van der Waals surface area contributed by atoms with Gasteiger partial charge in [0, 0.05) is 0 Å². The number of allylic oxidation sites excluding steroid dienone is 4. The summed E-state index contributed by atoms with van der Waals surface area (Å²) in [4.78, 5) is 0. The van der Waals surface area contributed by atoms with Crippen LogP contribution in [0.4, 0.5) is 0 Å². The van der Waals surface area contributed by atoms with Gasteiger partial charge in [-0.05, 0) is 0 Å². The molecule has 0 N–H and O–H groups in total. The van der Waals surface area contributed by atoms with Crippen molar-refractivity contribution in [1.82, 2.24) is 0 Å². The summed E-state index contributed by atoms with van der Waals surface area (Å²) in [5.74, 6) is 0. The molecule has 1 heteroatoms. The number of rotatable bonds is 0. The Bertz CT molecular complexity index is 326. The van der Waals surface area contributed by atoms with E-state index < -0.39 is 0 Å². The predicted molar refractivity (Wildman–Crippen MR) is 71.5 cm³/mol. The van der Waals surface area contributed by atoms with E-state index in [0.29, 0.717) is 25.3 Å². The maximum absolute atomic E-state index is 2.38. The fourth-order valence-corrected chi connectivity index (χ4v) is 4.18. The fourth-order valence-electron chi connectivity index (χ4n) is 1.37. The summed E-state index contributed by atoms with van der Waals surface area (Å²) in [6.07, 6.45) is 4.77. The fraction of sp³-hybridized carbons (Fsp3) is 0.643. The molecule has 0 atom stereocenters. The summed E-state index contributed by atoms with van der Waals surface area (Å²) in [5.41, 5.74) is 2.07. The van der Waals surface area contributed by atoms with Gasteiger partial charge in [0.15, 0.2) is 0 Å². The van der Waals surface area contributed by atoms with Crippen LogP contribution in [-0.2, 0) is 0 Å². The van der Waals surface area contributed by atoms with Crippen LogP contribution in [0.5, 0.6) is 0 Å². The normalized spacial score (nSPS) is 18.2. The van der Waals surface area contributed by atoms with Gasteiger partial charge < -0.3 is 0 Å². The molecule has 1 aliphatic rings. The molecule has 1 radical (unpaired) electrons. The summed E-state index contributed by atoms with van der Waals surface area (Å²) in [6.45, 7) is 16.1. The summed E-state index contributed by atoms with van der Waals surface area (Å²) in [7, 11) is 0. The average Bonchev–Trinajstić information content (AvgIpc) is 1.99. The molecule has 0 nitrogen and oxygen atoms in total. The third-order valence-electron chi connectivity index (χ3n) is 2.42. The quantitative estimate of drug-likeness (QED) is 0.587. The Balaban J connectivity index is 3.17. The minimum atomic E-state index is 0.325. The van der Waals surface area contributed by atoms with Crippen LogP contribution >= 0.6 is 0 Å². The van der Waals surface area contributed by atoms with Crippen molar-refractivity contribution in [1.29, 1.82) is 0 Å². The Morgan fingerprint density at radius 1 is 0.867 bits per heavy atom. The molecular weight excluding hydrogens is 247 g/mol. The Kier molecular flexibility index (Phi) is 3.48. The van der Waals surface area contributed by atoms with Crippen LogP contribution in [0.1, 0.15) is 48.5 Å². The van der Waals surface area contributed by atoms with Crippen LogP contribution in [0.15, 0.2) is 22.2 Å². The molecule has 0 fully saturated rings. The van der Waals surface area contributed by atoms with Crippen molar-refractivity contribution in [2.24, 2.45) is 10.8 Å². The molecule has 15 heavy (non-hydrogen) atoms. The molecule has 1 aliphatic heterocycles. The van der Waals surface area contributed by atoms with E-state index in [9.17, 15) is 0 Å². The van der Waals surface area contributed by atoms with Crippen molar-refractivity contribution in [3.63, 3.8) is 0 Å². The first-order valence-corrected chi connectivity index (χ1v) is 7.28. The van der Waals surface area contributed by atoms with Crippen LogP contribution in [0.25, 0.3) is 0 Å². The molecule has 1 rings (SSSR count). The van der Waals surface area contributed by atoms with Gasteiger partial charge in [0.25, 0.3) is 0 Å². The Hall–Kier alpha value is -0.131. The van der Waals surface area contributed by atoms with Crippen LogP contribution < -0.4 is 0 Å². The Morgan fingerprint density at radius 3 is 1.80 bits per heavy atom. The first-order valence-electron chi connectivity index (χ1n) is 5.56. The van der Waals surface area contributed by atoms with Crippen molar-refractivity contribution in [3.8, 4) is 0 Å². The van der Waals surface area contributed by atoms with Gasteiger partial charge in [-0.15, -0.1) is 0 Å². The molecule has 0 aromatic rings. The molecule has 0 saturated carbocycles. The van der Waals surface area contributed by atoms with E-state index in [1.807, 2.05) is 0 Å². The first-order chi connectivity index (χ1) is 6.60. The second kappa shape index (κ2) is 4.03. The van der Waals surface area contributed by atoms with Crippen LogP contribution in [0.3, 0.4) is 0 Å². The molecule has 0 saturated heterocycles.